The van der Waals surface area contributed by atoms with Crippen molar-refractivity contribution in [3.8, 4) is 5.75 Å². The van der Waals surface area contributed by atoms with E-state index in [0.29, 0.717) is 29.2 Å². The molecule has 0 aliphatic heterocycles. The van der Waals surface area contributed by atoms with Gasteiger partial charge >= 0.3 is 0 Å². The minimum Gasteiger partial charge on any atom is -0.496 e. The van der Waals surface area contributed by atoms with Crippen LogP contribution in [0.25, 0.3) is 0 Å². The highest BCUT2D eigenvalue weighted by Gasteiger charge is 2.28. The lowest BCUT2D eigenvalue weighted by Crippen LogP contribution is -2.50. The maximum atomic E-state index is 12.3. The van der Waals surface area contributed by atoms with Crippen LogP contribution in [0.2, 0.25) is 5.02 Å². The number of nitrogens with one attached hydrogen (secondary N) is 1. The number of halogens is 1. The molecule has 19 heavy (non-hydrogen) atoms. The largest absolute Gasteiger partial charge is 0.496 e. The van der Waals surface area contributed by atoms with Crippen molar-refractivity contribution in [2.45, 2.75) is 32.2 Å². The molecule has 1 aromatic rings. The van der Waals surface area contributed by atoms with Crippen LogP contribution in [0, 0.1) is 0 Å². The van der Waals surface area contributed by atoms with Gasteiger partial charge in [-0.3, -0.25) is 4.79 Å². The first-order valence-corrected chi connectivity index (χ1v) is 6.66. The van der Waals surface area contributed by atoms with Crippen LogP contribution in [-0.4, -0.2) is 30.3 Å². The first-order valence-electron chi connectivity index (χ1n) is 6.28. The number of benzene rings is 1. The second-order valence-electron chi connectivity index (χ2n) is 4.44. The highest BCUT2D eigenvalue weighted by Crippen LogP contribution is 2.24. The van der Waals surface area contributed by atoms with Gasteiger partial charge in [0.1, 0.15) is 5.75 Å². The van der Waals surface area contributed by atoms with Gasteiger partial charge in [0.15, 0.2) is 0 Å². The van der Waals surface area contributed by atoms with Gasteiger partial charge in [-0.25, -0.2) is 0 Å². The van der Waals surface area contributed by atoms with Crippen LogP contribution in [0.3, 0.4) is 0 Å². The van der Waals surface area contributed by atoms with Crippen molar-refractivity contribution < 1.29 is 14.6 Å². The van der Waals surface area contributed by atoms with Gasteiger partial charge < -0.3 is 15.2 Å². The number of methoxy groups -OCH3 is 1. The summed E-state index contributed by atoms with van der Waals surface area (Å²) < 4.78 is 5.15. The van der Waals surface area contributed by atoms with Gasteiger partial charge in [-0.05, 0) is 31.0 Å². The fraction of sp³-hybridized carbons (Fsp3) is 0.500. The molecule has 0 aromatic heterocycles. The summed E-state index contributed by atoms with van der Waals surface area (Å²) in [5.41, 5.74) is -0.237. The van der Waals surface area contributed by atoms with Gasteiger partial charge in [0.05, 0.1) is 24.8 Å². The molecule has 0 aliphatic rings. The third-order valence-corrected chi connectivity index (χ3v) is 3.68. The Morgan fingerprint density at radius 3 is 2.53 bits per heavy atom. The molecule has 1 aromatic carbocycles. The molecule has 1 rings (SSSR count). The second-order valence-corrected chi connectivity index (χ2v) is 4.88. The van der Waals surface area contributed by atoms with Crippen molar-refractivity contribution in [2.24, 2.45) is 0 Å². The van der Waals surface area contributed by atoms with E-state index >= 15 is 0 Å². The molecule has 0 radical (unpaired) electrons. The molecule has 0 bridgehead atoms. The van der Waals surface area contributed by atoms with Crippen molar-refractivity contribution in [3.05, 3.63) is 28.8 Å². The van der Waals surface area contributed by atoms with Crippen molar-refractivity contribution in [1.82, 2.24) is 5.32 Å². The second kappa shape index (κ2) is 6.78. The van der Waals surface area contributed by atoms with Crippen LogP contribution in [0.5, 0.6) is 5.75 Å². The molecule has 106 valence electrons. The van der Waals surface area contributed by atoms with E-state index in [1.807, 2.05) is 13.8 Å². The number of hydrogen-bond donors (Lipinski definition) is 2. The van der Waals surface area contributed by atoms with Gasteiger partial charge in [-0.1, -0.05) is 25.4 Å². The summed E-state index contributed by atoms with van der Waals surface area (Å²) >= 11 is 5.91. The lowest BCUT2D eigenvalue weighted by molar-refractivity contribution is 0.0815. The summed E-state index contributed by atoms with van der Waals surface area (Å²) in [5, 5.41) is 12.8. The zero-order valence-electron chi connectivity index (χ0n) is 11.5. The van der Waals surface area contributed by atoms with Crippen molar-refractivity contribution in [3.63, 3.8) is 0 Å². The summed E-state index contributed by atoms with van der Waals surface area (Å²) in [5.74, 6) is 0.165. The number of rotatable bonds is 6. The Morgan fingerprint density at radius 2 is 2.05 bits per heavy atom. The predicted octanol–water partition coefficient (Wildman–Crippen LogP) is 2.63. The molecule has 0 atom stereocenters. The standard InChI is InChI=1S/C14H20ClNO3/c1-4-14(5-2,9-17)16-13(18)11-8-10(15)6-7-12(11)19-3/h6-8,17H,4-5,9H2,1-3H3,(H,16,18). The Kier molecular flexibility index (Phi) is 5.63. The smallest absolute Gasteiger partial charge is 0.255 e. The molecule has 0 saturated heterocycles. The molecule has 2 N–H and O–H groups in total. The van der Waals surface area contributed by atoms with Crippen LogP contribution in [0.4, 0.5) is 0 Å². The normalized spacial score (nSPS) is 11.2. The summed E-state index contributed by atoms with van der Waals surface area (Å²) in [6.45, 7) is 3.75. The molecule has 0 aliphatic carbocycles. The molecule has 0 heterocycles. The van der Waals surface area contributed by atoms with Crippen LogP contribution in [-0.2, 0) is 0 Å². The Bertz CT molecular complexity index is 436. The Labute approximate surface area is 118 Å². The molecule has 5 heteroatoms. The Morgan fingerprint density at radius 1 is 1.42 bits per heavy atom. The molecule has 0 spiro atoms. The molecule has 1 amide bonds. The summed E-state index contributed by atoms with van der Waals surface area (Å²) in [7, 11) is 1.50. The highest BCUT2D eigenvalue weighted by molar-refractivity contribution is 6.31. The van der Waals surface area contributed by atoms with E-state index in [2.05, 4.69) is 5.32 Å². The third kappa shape index (κ3) is 3.61. The Hall–Kier alpha value is -1.26. The number of aliphatic hydroxyl groups excluding tert-OH is 1. The number of ether oxygens (including phenoxy) is 1. The highest BCUT2D eigenvalue weighted by atomic mass is 35.5. The molecule has 0 fully saturated rings. The third-order valence-electron chi connectivity index (χ3n) is 3.44. The molecule has 0 saturated carbocycles. The molecule has 4 nitrogen and oxygen atoms in total. The summed E-state index contributed by atoms with van der Waals surface area (Å²) in [6.07, 6.45) is 1.29. The lowest BCUT2D eigenvalue weighted by Gasteiger charge is -2.31. The van der Waals surface area contributed by atoms with E-state index < -0.39 is 5.54 Å². The average molecular weight is 286 g/mol. The minimum absolute atomic E-state index is 0.103. The maximum Gasteiger partial charge on any atom is 0.255 e. The number of carbonyl (C=O) groups is 1. The summed E-state index contributed by atoms with van der Waals surface area (Å²) in [6, 6.07) is 4.87. The van der Waals surface area contributed by atoms with Crippen molar-refractivity contribution in [1.29, 1.82) is 0 Å². The van der Waals surface area contributed by atoms with Gasteiger partial charge in [-0.2, -0.15) is 0 Å². The van der Waals surface area contributed by atoms with E-state index in [9.17, 15) is 9.90 Å². The van der Waals surface area contributed by atoms with Crippen LogP contribution in [0.1, 0.15) is 37.0 Å². The van der Waals surface area contributed by atoms with Crippen LogP contribution >= 0.6 is 11.6 Å². The fourth-order valence-corrected chi connectivity index (χ4v) is 2.03. The van der Waals surface area contributed by atoms with Gasteiger partial charge in [0, 0.05) is 5.02 Å². The van der Waals surface area contributed by atoms with E-state index in [-0.39, 0.29) is 12.5 Å². The summed E-state index contributed by atoms with van der Waals surface area (Å²) in [4.78, 5) is 12.3. The number of aliphatic hydroxyl groups is 1. The zero-order chi connectivity index (χ0) is 14.5. The topological polar surface area (TPSA) is 58.6 Å². The quantitative estimate of drug-likeness (QED) is 0.845. The predicted molar refractivity (Wildman–Crippen MR) is 75.9 cm³/mol. The van der Waals surface area contributed by atoms with Gasteiger partial charge in [0.2, 0.25) is 0 Å². The van der Waals surface area contributed by atoms with Gasteiger partial charge in [0.25, 0.3) is 5.91 Å². The molecule has 0 unspecified atom stereocenters. The van der Waals surface area contributed by atoms with E-state index in [1.165, 1.54) is 7.11 Å². The van der Waals surface area contributed by atoms with Gasteiger partial charge in [-0.15, -0.1) is 0 Å². The average Bonchev–Trinajstić information content (AvgIpc) is 2.44. The number of carbonyl (C=O) groups excluding carboxylic acids is 1. The minimum atomic E-state index is -0.607. The van der Waals surface area contributed by atoms with E-state index in [1.54, 1.807) is 18.2 Å². The van der Waals surface area contributed by atoms with Crippen LogP contribution in [0.15, 0.2) is 18.2 Å². The zero-order valence-corrected chi connectivity index (χ0v) is 12.3. The molecular formula is C14H20ClNO3. The maximum absolute atomic E-state index is 12.3. The Balaban J connectivity index is 3.03. The lowest BCUT2D eigenvalue weighted by atomic mass is 9.93. The first kappa shape index (κ1) is 15.8. The fourth-order valence-electron chi connectivity index (χ4n) is 1.86. The number of amides is 1. The monoisotopic (exact) mass is 285 g/mol. The van der Waals surface area contributed by atoms with E-state index in [0.717, 1.165) is 0 Å². The van der Waals surface area contributed by atoms with Crippen molar-refractivity contribution >= 4 is 17.5 Å². The SMILES string of the molecule is CCC(CC)(CO)NC(=O)c1cc(Cl)ccc1OC. The number of hydrogen-bond acceptors (Lipinski definition) is 3. The van der Waals surface area contributed by atoms with Crippen LogP contribution < -0.4 is 10.1 Å². The first-order chi connectivity index (χ1) is 9.01. The molecular weight excluding hydrogens is 266 g/mol. The van der Waals surface area contributed by atoms with Crippen molar-refractivity contribution in [2.75, 3.05) is 13.7 Å². The van der Waals surface area contributed by atoms with E-state index in [4.69, 9.17) is 16.3 Å².